The Labute approximate surface area is 218 Å². The van der Waals surface area contributed by atoms with Crippen molar-refractivity contribution in [3.8, 4) is 0 Å². The summed E-state index contributed by atoms with van der Waals surface area (Å²) >= 11 is 0. The smallest absolute Gasteiger partial charge is 0.253 e. The van der Waals surface area contributed by atoms with Crippen LogP contribution in [0.4, 0.5) is 5.69 Å². The Hall–Kier alpha value is -3.53. The minimum atomic E-state index is -1.04. The summed E-state index contributed by atoms with van der Waals surface area (Å²) < 4.78 is 0. The number of hydrogen-bond donors (Lipinski definition) is 4. The molecule has 0 radical (unpaired) electrons. The van der Waals surface area contributed by atoms with E-state index in [9.17, 15) is 24.0 Å². The summed E-state index contributed by atoms with van der Waals surface area (Å²) in [5, 5.41) is 16.9. The zero-order chi connectivity index (χ0) is 27.7. The lowest BCUT2D eigenvalue weighted by molar-refractivity contribution is -0.150. The number of aliphatic hydroxyl groups is 1. The molecule has 10 heteroatoms. The van der Waals surface area contributed by atoms with Gasteiger partial charge in [0.2, 0.25) is 11.8 Å². The van der Waals surface area contributed by atoms with E-state index in [-0.39, 0.29) is 36.8 Å². The number of carbonyl (C=O) groups is 5. The number of nitrogens with one attached hydrogen (secondary N) is 3. The zero-order valence-electron chi connectivity index (χ0n) is 22.0. The number of anilines is 1. The zero-order valence-corrected chi connectivity index (χ0v) is 22.0. The number of benzene rings is 1. The predicted molar refractivity (Wildman–Crippen MR) is 141 cm³/mol. The molecule has 1 heterocycles. The van der Waals surface area contributed by atoms with Crippen molar-refractivity contribution in [2.75, 3.05) is 32.0 Å². The van der Waals surface area contributed by atoms with E-state index in [1.54, 1.807) is 0 Å². The molecule has 3 rings (SSSR count). The molecule has 1 aromatic carbocycles. The summed E-state index contributed by atoms with van der Waals surface area (Å²) in [6.45, 7) is 4.83. The summed E-state index contributed by atoms with van der Waals surface area (Å²) in [6.07, 6.45) is 7.03. The number of hydrogen-bond acceptors (Lipinski definition) is 7. The second-order valence-corrected chi connectivity index (χ2v) is 8.40. The van der Waals surface area contributed by atoms with Crippen LogP contribution in [-0.2, 0) is 30.6 Å². The van der Waals surface area contributed by atoms with Crippen LogP contribution in [0.3, 0.4) is 0 Å². The number of amides is 4. The van der Waals surface area contributed by atoms with Crippen LogP contribution >= 0.6 is 0 Å². The van der Waals surface area contributed by atoms with Crippen LogP contribution in [0.25, 0.3) is 0 Å². The maximum absolute atomic E-state index is 12.3. The SMILES string of the molecule is CC.CNc1ccc(CO)cc1.O=CCNC(=O)C1(C(=O)NCCCCCN2C(=O)C=CC2=O)CCC1. The van der Waals surface area contributed by atoms with Crippen molar-refractivity contribution in [1.82, 2.24) is 15.5 Å². The van der Waals surface area contributed by atoms with E-state index in [1.165, 1.54) is 17.1 Å². The van der Waals surface area contributed by atoms with Gasteiger partial charge >= 0.3 is 0 Å². The molecule has 1 aromatic rings. The standard InChI is InChI=1S/C17H23N3O5.C8H11NO.C2H6/c21-12-10-19-16(25)17(7-4-8-17)15(24)18-9-2-1-3-11-20-13(22)5-6-14(20)23;1-9-8-4-2-7(6-10)3-5-8;1-2/h5-6,12H,1-4,7-11H2,(H,18,24)(H,19,25);2-5,9-10H,6H2,1H3;1-2H3. The number of aldehydes is 1. The van der Waals surface area contributed by atoms with Crippen molar-refractivity contribution in [2.45, 2.75) is 59.0 Å². The average molecular weight is 517 g/mol. The third-order valence-corrected chi connectivity index (χ3v) is 6.09. The Kier molecular flexibility index (Phi) is 14.5. The second kappa shape index (κ2) is 17.0. The lowest BCUT2D eigenvalue weighted by atomic mass is 9.67. The molecule has 0 spiro atoms. The third-order valence-electron chi connectivity index (χ3n) is 6.09. The van der Waals surface area contributed by atoms with E-state index in [0.717, 1.165) is 24.1 Å². The van der Waals surface area contributed by atoms with E-state index < -0.39 is 5.41 Å². The molecule has 0 atom stereocenters. The molecule has 0 bridgehead atoms. The maximum atomic E-state index is 12.3. The summed E-state index contributed by atoms with van der Waals surface area (Å²) in [7, 11) is 1.87. The maximum Gasteiger partial charge on any atom is 0.253 e. The monoisotopic (exact) mass is 516 g/mol. The largest absolute Gasteiger partial charge is 0.392 e. The second-order valence-electron chi connectivity index (χ2n) is 8.40. The molecule has 1 aliphatic heterocycles. The highest BCUT2D eigenvalue weighted by molar-refractivity contribution is 6.12. The highest BCUT2D eigenvalue weighted by Crippen LogP contribution is 2.41. The summed E-state index contributed by atoms with van der Waals surface area (Å²) in [5.74, 6) is -1.25. The summed E-state index contributed by atoms with van der Waals surface area (Å²) in [5.41, 5.74) is 0.972. The molecule has 4 N–H and O–H groups in total. The van der Waals surface area contributed by atoms with Gasteiger partial charge in [-0.3, -0.25) is 24.1 Å². The normalized spacial score (nSPS) is 14.9. The molecule has 1 aliphatic carbocycles. The van der Waals surface area contributed by atoms with E-state index >= 15 is 0 Å². The highest BCUT2D eigenvalue weighted by Gasteiger charge is 2.50. The Morgan fingerprint density at radius 3 is 2.05 bits per heavy atom. The molecule has 1 saturated carbocycles. The van der Waals surface area contributed by atoms with E-state index in [4.69, 9.17) is 5.11 Å². The fourth-order valence-electron chi connectivity index (χ4n) is 3.76. The molecule has 2 aliphatic rings. The van der Waals surface area contributed by atoms with Crippen LogP contribution in [0, 0.1) is 5.41 Å². The molecule has 10 nitrogen and oxygen atoms in total. The minimum Gasteiger partial charge on any atom is -0.392 e. The van der Waals surface area contributed by atoms with Crippen LogP contribution in [0.1, 0.15) is 57.9 Å². The Bertz CT molecular complexity index is 884. The lowest BCUT2D eigenvalue weighted by Crippen LogP contribution is -2.55. The molecule has 0 aromatic heterocycles. The summed E-state index contributed by atoms with van der Waals surface area (Å²) in [6, 6.07) is 7.66. The molecule has 0 saturated heterocycles. The minimum absolute atomic E-state index is 0.0866. The lowest BCUT2D eigenvalue weighted by Gasteiger charge is -2.38. The Morgan fingerprint density at radius 1 is 0.973 bits per heavy atom. The van der Waals surface area contributed by atoms with Crippen LogP contribution in [0.5, 0.6) is 0 Å². The van der Waals surface area contributed by atoms with E-state index in [1.807, 2.05) is 45.2 Å². The van der Waals surface area contributed by atoms with E-state index in [0.29, 0.717) is 45.1 Å². The van der Waals surface area contributed by atoms with Crippen LogP contribution < -0.4 is 16.0 Å². The van der Waals surface area contributed by atoms with Gasteiger partial charge in [-0.2, -0.15) is 0 Å². The van der Waals surface area contributed by atoms with Crippen molar-refractivity contribution in [1.29, 1.82) is 0 Å². The van der Waals surface area contributed by atoms with Gasteiger partial charge in [0.1, 0.15) is 11.7 Å². The molecule has 37 heavy (non-hydrogen) atoms. The number of nitrogens with zero attached hydrogens (tertiary/aromatic N) is 1. The van der Waals surface area contributed by atoms with Gasteiger partial charge in [-0.25, -0.2) is 0 Å². The van der Waals surface area contributed by atoms with Gasteiger partial charge in [0.05, 0.1) is 13.2 Å². The first-order valence-corrected chi connectivity index (χ1v) is 12.8. The number of rotatable bonds is 12. The molecule has 4 amide bonds. The van der Waals surface area contributed by atoms with E-state index in [2.05, 4.69) is 16.0 Å². The van der Waals surface area contributed by atoms with Crippen LogP contribution in [-0.4, -0.2) is 66.6 Å². The first-order chi connectivity index (χ1) is 17.9. The molecular weight excluding hydrogens is 476 g/mol. The fraction of sp³-hybridized carbons (Fsp3) is 0.519. The highest BCUT2D eigenvalue weighted by atomic mass is 16.3. The van der Waals surface area contributed by atoms with Gasteiger partial charge in [0, 0.05) is 38.0 Å². The summed E-state index contributed by atoms with van der Waals surface area (Å²) in [4.78, 5) is 58.7. The first-order valence-electron chi connectivity index (χ1n) is 12.8. The number of unbranched alkanes of at least 4 members (excludes halogenated alkanes) is 2. The van der Waals surface area contributed by atoms with Gasteiger partial charge in [-0.05, 0) is 49.8 Å². The van der Waals surface area contributed by atoms with Gasteiger partial charge in [0.25, 0.3) is 11.8 Å². The van der Waals surface area contributed by atoms with Crippen molar-refractivity contribution < 1.29 is 29.1 Å². The van der Waals surface area contributed by atoms with Gasteiger partial charge in [-0.15, -0.1) is 0 Å². The molecule has 1 fully saturated rings. The Balaban J connectivity index is 0.000000475. The number of aliphatic hydroxyl groups excluding tert-OH is 1. The van der Waals surface area contributed by atoms with Crippen molar-refractivity contribution in [3.05, 3.63) is 42.0 Å². The fourth-order valence-corrected chi connectivity index (χ4v) is 3.76. The predicted octanol–water partition coefficient (Wildman–Crippen LogP) is 1.93. The van der Waals surface area contributed by atoms with Crippen LogP contribution in [0.2, 0.25) is 0 Å². The first kappa shape index (κ1) is 31.5. The number of imide groups is 1. The van der Waals surface area contributed by atoms with Crippen molar-refractivity contribution >= 4 is 35.6 Å². The molecule has 0 unspecified atom stereocenters. The Morgan fingerprint density at radius 2 is 1.57 bits per heavy atom. The van der Waals surface area contributed by atoms with Crippen molar-refractivity contribution in [3.63, 3.8) is 0 Å². The number of carbonyl (C=O) groups excluding carboxylic acids is 5. The molecule has 204 valence electrons. The van der Waals surface area contributed by atoms with Gasteiger partial charge in [0.15, 0.2) is 0 Å². The van der Waals surface area contributed by atoms with Gasteiger partial charge < -0.3 is 25.9 Å². The van der Waals surface area contributed by atoms with Crippen LogP contribution in [0.15, 0.2) is 36.4 Å². The topological polar surface area (TPSA) is 145 Å². The average Bonchev–Trinajstić information content (AvgIpc) is 3.22. The van der Waals surface area contributed by atoms with Gasteiger partial charge in [-0.1, -0.05) is 32.4 Å². The third kappa shape index (κ3) is 9.45. The quantitative estimate of drug-likeness (QED) is 0.144. The molecular formula is C27H40N4O6. The van der Waals surface area contributed by atoms with Crippen molar-refractivity contribution in [2.24, 2.45) is 5.41 Å².